The Morgan fingerprint density at radius 1 is 1.15 bits per heavy atom. The van der Waals surface area contributed by atoms with E-state index >= 15 is 0 Å². The molecule has 0 aromatic rings. The topological polar surface area (TPSA) is 43.8 Å². The van der Waals surface area contributed by atoms with Gasteiger partial charge in [-0.25, -0.2) is 4.79 Å². The molecular formula is C9H16N2O2. The number of piperidine rings is 1. The second-order valence-electron chi connectivity index (χ2n) is 3.89. The van der Waals surface area contributed by atoms with Gasteiger partial charge in [-0.3, -0.25) is 0 Å². The first kappa shape index (κ1) is 8.81. The molecule has 2 aliphatic heterocycles. The molecule has 0 aromatic heterocycles. The third-order valence-electron chi connectivity index (χ3n) is 3.14. The summed E-state index contributed by atoms with van der Waals surface area (Å²) in [4.78, 5) is 14.6. The normalized spacial score (nSPS) is 25.7. The first-order valence-electron chi connectivity index (χ1n) is 4.99. The lowest BCUT2D eigenvalue weighted by Gasteiger charge is -2.42. The lowest BCUT2D eigenvalue weighted by molar-refractivity contribution is 0.0618. The number of nitrogens with zero attached hydrogens (tertiary/aromatic N) is 2. The van der Waals surface area contributed by atoms with Crippen LogP contribution in [-0.4, -0.2) is 53.2 Å². The van der Waals surface area contributed by atoms with Gasteiger partial charge < -0.3 is 14.9 Å². The zero-order valence-electron chi connectivity index (χ0n) is 7.78. The molecular weight excluding hydrogens is 168 g/mol. The average molecular weight is 184 g/mol. The molecule has 0 radical (unpaired) electrons. The highest BCUT2D eigenvalue weighted by atomic mass is 16.4. The van der Waals surface area contributed by atoms with Gasteiger partial charge in [0.2, 0.25) is 0 Å². The van der Waals surface area contributed by atoms with Gasteiger partial charge in [0.25, 0.3) is 0 Å². The minimum absolute atomic E-state index is 0.657. The summed E-state index contributed by atoms with van der Waals surface area (Å²) in [5.74, 6) is 0. The molecule has 13 heavy (non-hydrogen) atoms. The molecule has 2 saturated heterocycles. The van der Waals surface area contributed by atoms with Crippen LogP contribution in [0.15, 0.2) is 0 Å². The summed E-state index contributed by atoms with van der Waals surface area (Å²) in [6.45, 7) is 3.88. The Hall–Kier alpha value is -0.770. The Morgan fingerprint density at radius 2 is 1.77 bits per heavy atom. The van der Waals surface area contributed by atoms with E-state index in [1.165, 1.54) is 24.4 Å². The lowest BCUT2D eigenvalue weighted by Crippen LogP contribution is -2.51. The second kappa shape index (κ2) is 3.54. The van der Waals surface area contributed by atoms with Gasteiger partial charge in [-0.2, -0.15) is 0 Å². The molecule has 0 bridgehead atoms. The van der Waals surface area contributed by atoms with Crippen molar-refractivity contribution in [3.8, 4) is 0 Å². The van der Waals surface area contributed by atoms with E-state index in [4.69, 9.17) is 5.11 Å². The maximum Gasteiger partial charge on any atom is 0.407 e. The molecule has 4 nitrogen and oxygen atoms in total. The standard InChI is InChI=1S/C9H16N2O2/c12-9(13)11-6-2-8(3-7-11)10-4-1-5-10/h8H,1-7H2,(H,12,13). The number of amides is 1. The summed E-state index contributed by atoms with van der Waals surface area (Å²) in [5.41, 5.74) is 0. The van der Waals surface area contributed by atoms with Crippen molar-refractivity contribution < 1.29 is 9.90 Å². The number of likely N-dealkylation sites (tertiary alicyclic amines) is 2. The summed E-state index contributed by atoms with van der Waals surface area (Å²) in [6.07, 6.45) is 2.60. The zero-order chi connectivity index (χ0) is 9.26. The highest BCUT2D eigenvalue weighted by Gasteiger charge is 2.28. The van der Waals surface area contributed by atoms with Crippen molar-refractivity contribution in [2.45, 2.75) is 25.3 Å². The van der Waals surface area contributed by atoms with Crippen LogP contribution in [0.2, 0.25) is 0 Å². The molecule has 0 atom stereocenters. The summed E-state index contributed by atoms with van der Waals surface area (Å²) in [5, 5.41) is 8.75. The van der Waals surface area contributed by atoms with Crippen molar-refractivity contribution in [2.24, 2.45) is 0 Å². The van der Waals surface area contributed by atoms with Gasteiger partial charge in [0.05, 0.1) is 0 Å². The van der Waals surface area contributed by atoms with Crippen molar-refractivity contribution in [1.29, 1.82) is 0 Å². The first-order chi connectivity index (χ1) is 6.27. The lowest BCUT2D eigenvalue weighted by atomic mass is 10.0. The van der Waals surface area contributed by atoms with Crippen molar-refractivity contribution in [3.05, 3.63) is 0 Å². The molecule has 0 spiro atoms. The minimum atomic E-state index is -0.762. The van der Waals surface area contributed by atoms with Gasteiger partial charge >= 0.3 is 6.09 Å². The SMILES string of the molecule is O=C(O)N1CCC(N2CCC2)CC1. The largest absolute Gasteiger partial charge is 0.465 e. The fourth-order valence-corrected chi connectivity index (χ4v) is 2.13. The fraction of sp³-hybridized carbons (Fsp3) is 0.889. The van der Waals surface area contributed by atoms with Crippen molar-refractivity contribution in [1.82, 2.24) is 9.80 Å². The second-order valence-corrected chi connectivity index (χ2v) is 3.89. The van der Waals surface area contributed by atoms with Gasteiger partial charge in [-0.05, 0) is 32.4 Å². The first-order valence-corrected chi connectivity index (χ1v) is 4.99. The summed E-state index contributed by atoms with van der Waals surface area (Å²) < 4.78 is 0. The van der Waals surface area contributed by atoms with Crippen LogP contribution >= 0.6 is 0 Å². The fourth-order valence-electron chi connectivity index (χ4n) is 2.13. The minimum Gasteiger partial charge on any atom is -0.465 e. The number of rotatable bonds is 1. The van der Waals surface area contributed by atoms with Crippen LogP contribution in [-0.2, 0) is 0 Å². The molecule has 0 aromatic carbocycles. The van der Waals surface area contributed by atoms with E-state index in [0.29, 0.717) is 6.04 Å². The quantitative estimate of drug-likeness (QED) is 0.656. The van der Waals surface area contributed by atoms with Gasteiger partial charge in [-0.15, -0.1) is 0 Å². The van der Waals surface area contributed by atoms with Gasteiger partial charge in [0, 0.05) is 19.1 Å². The predicted molar refractivity (Wildman–Crippen MR) is 48.8 cm³/mol. The number of carbonyl (C=O) groups is 1. The van der Waals surface area contributed by atoms with Gasteiger partial charge in [-0.1, -0.05) is 0 Å². The van der Waals surface area contributed by atoms with Crippen LogP contribution in [0.3, 0.4) is 0 Å². The molecule has 1 N–H and O–H groups in total. The average Bonchev–Trinajstić information content (AvgIpc) is 2.02. The maximum atomic E-state index is 10.6. The molecule has 2 fully saturated rings. The molecule has 2 rings (SSSR count). The number of carboxylic acid groups (broad SMARTS) is 1. The van der Waals surface area contributed by atoms with E-state index < -0.39 is 6.09 Å². The van der Waals surface area contributed by atoms with Crippen molar-refractivity contribution >= 4 is 6.09 Å². The Morgan fingerprint density at radius 3 is 2.15 bits per heavy atom. The maximum absolute atomic E-state index is 10.6. The zero-order valence-corrected chi connectivity index (χ0v) is 7.78. The summed E-state index contributed by atoms with van der Waals surface area (Å²) >= 11 is 0. The summed E-state index contributed by atoms with van der Waals surface area (Å²) in [6, 6.07) is 0.657. The molecule has 4 heteroatoms. The Bertz CT molecular complexity index is 196. The molecule has 0 saturated carbocycles. The Kier molecular flexibility index (Phi) is 2.40. The van der Waals surface area contributed by atoms with Gasteiger partial charge in [0.15, 0.2) is 0 Å². The van der Waals surface area contributed by atoms with E-state index in [-0.39, 0.29) is 0 Å². The molecule has 1 amide bonds. The van der Waals surface area contributed by atoms with Gasteiger partial charge in [0.1, 0.15) is 0 Å². The smallest absolute Gasteiger partial charge is 0.407 e. The molecule has 2 aliphatic rings. The van der Waals surface area contributed by atoms with Crippen LogP contribution in [0.4, 0.5) is 4.79 Å². The van der Waals surface area contributed by atoms with Crippen LogP contribution in [0.1, 0.15) is 19.3 Å². The van der Waals surface area contributed by atoms with E-state index in [1.54, 1.807) is 0 Å². The number of hydrogen-bond acceptors (Lipinski definition) is 2. The molecule has 0 unspecified atom stereocenters. The Labute approximate surface area is 78.1 Å². The highest BCUT2D eigenvalue weighted by molar-refractivity contribution is 5.65. The van der Waals surface area contributed by atoms with Crippen molar-refractivity contribution in [3.63, 3.8) is 0 Å². The van der Waals surface area contributed by atoms with E-state index in [2.05, 4.69) is 4.90 Å². The van der Waals surface area contributed by atoms with Crippen LogP contribution in [0, 0.1) is 0 Å². The van der Waals surface area contributed by atoms with E-state index in [0.717, 1.165) is 25.9 Å². The third-order valence-corrected chi connectivity index (χ3v) is 3.14. The predicted octanol–water partition coefficient (Wildman–Crippen LogP) is 0.835. The Balaban J connectivity index is 1.78. The van der Waals surface area contributed by atoms with E-state index in [9.17, 15) is 4.79 Å². The van der Waals surface area contributed by atoms with Crippen LogP contribution < -0.4 is 0 Å². The monoisotopic (exact) mass is 184 g/mol. The third kappa shape index (κ3) is 1.77. The highest BCUT2D eigenvalue weighted by Crippen LogP contribution is 2.21. The summed E-state index contributed by atoms with van der Waals surface area (Å²) in [7, 11) is 0. The molecule has 0 aliphatic carbocycles. The van der Waals surface area contributed by atoms with Crippen LogP contribution in [0.5, 0.6) is 0 Å². The number of hydrogen-bond donors (Lipinski definition) is 1. The van der Waals surface area contributed by atoms with Crippen LogP contribution in [0.25, 0.3) is 0 Å². The van der Waals surface area contributed by atoms with Crippen molar-refractivity contribution in [2.75, 3.05) is 26.2 Å². The van der Waals surface area contributed by atoms with E-state index in [1.807, 2.05) is 0 Å². The molecule has 74 valence electrons. The molecule has 2 heterocycles.